The van der Waals surface area contributed by atoms with Gasteiger partial charge >= 0.3 is 0 Å². The van der Waals surface area contributed by atoms with Gasteiger partial charge in [0.25, 0.3) is 5.56 Å². The Hall–Kier alpha value is -4.07. The zero-order valence-corrected chi connectivity index (χ0v) is 19.3. The molecular weight excluding hydrogens is 430 g/mol. The molecule has 5 rings (SSSR count). The van der Waals surface area contributed by atoms with Gasteiger partial charge in [-0.25, -0.2) is 4.68 Å². The van der Waals surface area contributed by atoms with Crippen LogP contribution in [-0.2, 0) is 24.8 Å². The SMILES string of the molecule is COc1ccc2[nH]cc(CCNC(=O)CCCn3c4ccccc4c4cnn(C)c(=O)c43)c2c1. The number of aromatic nitrogens is 4. The molecule has 5 aromatic rings. The van der Waals surface area contributed by atoms with E-state index in [9.17, 15) is 9.59 Å². The summed E-state index contributed by atoms with van der Waals surface area (Å²) in [6.07, 6.45) is 5.47. The van der Waals surface area contributed by atoms with Crippen LogP contribution in [0.15, 0.2) is 59.7 Å². The maximum atomic E-state index is 12.8. The highest BCUT2D eigenvalue weighted by atomic mass is 16.5. The fraction of sp³-hybridized carbons (Fsp3) is 0.269. The van der Waals surface area contributed by atoms with E-state index in [1.54, 1.807) is 20.4 Å². The molecule has 0 aliphatic heterocycles. The van der Waals surface area contributed by atoms with Gasteiger partial charge in [0.1, 0.15) is 11.3 Å². The number of rotatable bonds is 8. The van der Waals surface area contributed by atoms with Gasteiger partial charge in [-0.2, -0.15) is 5.10 Å². The lowest BCUT2D eigenvalue weighted by molar-refractivity contribution is -0.121. The Labute approximate surface area is 196 Å². The lowest BCUT2D eigenvalue weighted by Gasteiger charge is -2.08. The van der Waals surface area contributed by atoms with Crippen molar-refractivity contribution in [1.82, 2.24) is 24.6 Å². The van der Waals surface area contributed by atoms with Crippen LogP contribution in [0.1, 0.15) is 18.4 Å². The predicted octanol–water partition coefficient (Wildman–Crippen LogP) is 3.52. The summed E-state index contributed by atoms with van der Waals surface area (Å²) in [6.45, 7) is 1.14. The van der Waals surface area contributed by atoms with Crippen LogP contribution >= 0.6 is 0 Å². The molecule has 8 heteroatoms. The third kappa shape index (κ3) is 3.91. The van der Waals surface area contributed by atoms with Crippen LogP contribution in [0, 0.1) is 0 Å². The summed E-state index contributed by atoms with van der Waals surface area (Å²) < 4.78 is 8.69. The van der Waals surface area contributed by atoms with Crippen molar-refractivity contribution in [3.8, 4) is 5.75 Å². The Morgan fingerprint density at radius 3 is 2.85 bits per heavy atom. The standard InChI is InChI=1S/C26H27N5O3/c1-30-26(33)25-21(16-29-30)19-6-3-4-7-23(19)31(25)13-5-8-24(32)27-12-11-17-15-28-22-10-9-18(34-2)14-20(17)22/h3-4,6-7,9-10,14-16,28H,5,8,11-13H2,1-2H3,(H,27,32). The smallest absolute Gasteiger partial charge is 0.291 e. The molecule has 0 fully saturated rings. The fourth-order valence-corrected chi connectivity index (χ4v) is 4.59. The summed E-state index contributed by atoms with van der Waals surface area (Å²) >= 11 is 0. The molecular formula is C26H27N5O3. The normalized spacial score (nSPS) is 11.5. The van der Waals surface area contributed by atoms with Crippen molar-refractivity contribution >= 4 is 38.6 Å². The lowest BCUT2D eigenvalue weighted by Crippen LogP contribution is -2.26. The number of aromatic amines is 1. The molecule has 0 aliphatic carbocycles. The van der Waals surface area contributed by atoms with E-state index in [2.05, 4.69) is 15.4 Å². The molecule has 174 valence electrons. The van der Waals surface area contributed by atoms with Crippen molar-refractivity contribution in [3.63, 3.8) is 0 Å². The fourth-order valence-electron chi connectivity index (χ4n) is 4.59. The van der Waals surface area contributed by atoms with E-state index in [0.717, 1.165) is 44.9 Å². The van der Waals surface area contributed by atoms with Gasteiger partial charge in [0.15, 0.2) is 0 Å². The van der Waals surface area contributed by atoms with Crippen LogP contribution in [0.4, 0.5) is 0 Å². The molecule has 2 N–H and O–H groups in total. The molecule has 0 atom stereocenters. The second-order valence-electron chi connectivity index (χ2n) is 8.43. The van der Waals surface area contributed by atoms with Crippen LogP contribution in [0.25, 0.3) is 32.7 Å². The first kappa shape index (κ1) is 21.8. The minimum Gasteiger partial charge on any atom is -0.497 e. The summed E-state index contributed by atoms with van der Waals surface area (Å²) in [5.74, 6) is 0.820. The highest BCUT2D eigenvalue weighted by Crippen LogP contribution is 2.27. The molecule has 0 bridgehead atoms. The largest absolute Gasteiger partial charge is 0.497 e. The van der Waals surface area contributed by atoms with Gasteiger partial charge in [0.2, 0.25) is 5.91 Å². The monoisotopic (exact) mass is 457 g/mol. The summed E-state index contributed by atoms with van der Waals surface area (Å²) in [5.41, 5.74) is 3.68. The first-order valence-electron chi connectivity index (χ1n) is 11.4. The van der Waals surface area contributed by atoms with Crippen molar-refractivity contribution in [1.29, 1.82) is 0 Å². The molecule has 8 nitrogen and oxygen atoms in total. The van der Waals surface area contributed by atoms with Gasteiger partial charge in [-0.3, -0.25) is 9.59 Å². The van der Waals surface area contributed by atoms with Crippen LogP contribution in [-0.4, -0.2) is 38.9 Å². The molecule has 0 saturated carbocycles. The van der Waals surface area contributed by atoms with Gasteiger partial charge < -0.3 is 19.6 Å². The van der Waals surface area contributed by atoms with Gasteiger partial charge in [-0.15, -0.1) is 0 Å². The Kier molecular flexibility index (Phi) is 5.79. The number of methoxy groups -OCH3 is 1. The van der Waals surface area contributed by atoms with Crippen LogP contribution in [0.2, 0.25) is 0 Å². The molecule has 1 amide bonds. The molecule has 3 aromatic heterocycles. The van der Waals surface area contributed by atoms with Gasteiger partial charge in [0.05, 0.1) is 13.3 Å². The van der Waals surface area contributed by atoms with Gasteiger partial charge in [-0.1, -0.05) is 18.2 Å². The van der Waals surface area contributed by atoms with Crippen LogP contribution in [0.3, 0.4) is 0 Å². The number of hydrogen-bond acceptors (Lipinski definition) is 4. The third-order valence-electron chi connectivity index (χ3n) is 6.34. The van der Waals surface area contributed by atoms with E-state index < -0.39 is 0 Å². The second kappa shape index (κ2) is 9.05. The Balaban J connectivity index is 1.22. The van der Waals surface area contributed by atoms with Crippen molar-refractivity contribution in [2.75, 3.05) is 13.7 Å². The lowest BCUT2D eigenvalue weighted by atomic mass is 10.1. The number of carbonyl (C=O) groups is 1. The molecule has 0 aliphatic rings. The maximum absolute atomic E-state index is 12.8. The van der Waals surface area contributed by atoms with Gasteiger partial charge in [-0.05, 0) is 42.7 Å². The third-order valence-corrected chi connectivity index (χ3v) is 6.34. The van der Waals surface area contributed by atoms with E-state index in [1.807, 2.05) is 53.2 Å². The topological polar surface area (TPSA) is 93.9 Å². The Bertz CT molecular complexity index is 1560. The zero-order chi connectivity index (χ0) is 23.7. The maximum Gasteiger partial charge on any atom is 0.291 e. The molecule has 2 aromatic carbocycles. The number of carbonyl (C=O) groups excluding carboxylic acids is 1. The van der Waals surface area contributed by atoms with Crippen molar-refractivity contribution < 1.29 is 9.53 Å². The minimum atomic E-state index is -0.131. The summed E-state index contributed by atoms with van der Waals surface area (Å²) in [4.78, 5) is 28.5. The van der Waals surface area contributed by atoms with E-state index in [-0.39, 0.29) is 11.5 Å². The quantitative estimate of drug-likeness (QED) is 0.373. The highest BCUT2D eigenvalue weighted by Gasteiger charge is 2.15. The zero-order valence-electron chi connectivity index (χ0n) is 19.3. The van der Waals surface area contributed by atoms with Crippen molar-refractivity contribution in [3.05, 3.63) is 70.8 Å². The molecule has 0 radical (unpaired) electrons. The molecule has 34 heavy (non-hydrogen) atoms. The molecule has 0 saturated heterocycles. The summed E-state index contributed by atoms with van der Waals surface area (Å²) in [7, 11) is 3.31. The number of benzene rings is 2. The predicted molar refractivity (Wildman–Crippen MR) is 133 cm³/mol. The van der Waals surface area contributed by atoms with Crippen LogP contribution < -0.4 is 15.6 Å². The average molecular weight is 458 g/mol. The number of para-hydroxylation sites is 1. The summed E-state index contributed by atoms with van der Waals surface area (Å²) in [5, 5.41) is 10.2. The van der Waals surface area contributed by atoms with E-state index in [0.29, 0.717) is 31.4 Å². The number of ether oxygens (including phenoxy) is 1. The number of fused-ring (bicyclic) bond motifs is 4. The average Bonchev–Trinajstić information content (AvgIpc) is 3.40. The van der Waals surface area contributed by atoms with E-state index >= 15 is 0 Å². The van der Waals surface area contributed by atoms with E-state index in [4.69, 9.17) is 4.74 Å². The molecule has 0 spiro atoms. The number of nitrogens with one attached hydrogen (secondary N) is 2. The molecule has 0 unspecified atom stereocenters. The highest BCUT2D eigenvalue weighted by molar-refractivity contribution is 6.07. The Morgan fingerprint density at radius 1 is 1.15 bits per heavy atom. The number of aryl methyl sites for hydroxylation is 2. The number of H-pyrrole nitrogens is 1. The van der Waals surface area contributed by atoms with Crippen LogP contribution in [0.5, 0.6) is 5.75 Å². The van der Waals surface area contributed by atoms with E-state index in [1.165, 1.54) is 4.68 Å². The number of amides is 1. The Morgan fingerprint density at radius 2 is 2.00 bits per heavy atom. The van der Waals surface area contributed by atoms with Gasteiger partial charge in [0, 0.05) is 59.9 Å². The number of nitrogens with zero attached hydrogens (tertiary/aromatic N) is 3. The molecule has 3 heterocycles. The first-order chi connectivity index (χ1) is 16.6. The summed E-state index contributed by atoms with van der Waals surface area (Å²) in [6, 6.07) is 13.9. The number of hydrogen-bond donors (Lipinski definition) is 2. The first-order valence-corrected chi connectivity index (χ1v) is 11.4. The minimum absolute atomic E-state index is 0.00718. The van der Waals surface area contributed by atoms with Crippen molar-refractivity contribution in [2.24, 2.45) is 7.05 Å². The second-order valence-corrected chi connectivity index (χ2v) is 8.43. The van der Waals surface area contributed by atoms with Crippen molar-refractivity contribution in [2.45, 2.75) is 25.8 Å².